The van der Waals surface area contributed by atoms with Gasteiger partial charge in [-0.25, -0.2) is 4.98 Å². The van der Waals surface area contributed by atoms with Gasteiger partial charge in [0.15, 0.2) is 5.82 Å². The number of aromatic nitrogens is 2. The Bertz CT molecular complexity index is 514. The van der Waals surface area contributed by atoms with Gasteiger partial charge < -0.3 is 10.4 Å². The van der Waals surface area contributed by atoms with Crippen LogP contribution in [-0.4, -0.2) is 21.0 Å². The third-order valence-electron chi connectivity index (χ3n) is 2.11. The van der Waals surface area contributed by atoms with Gasteiger partial charge in [-0.1, -0.05) is 12.1 Å². The molecular weight excluding hydrogens is 218 g/mol. The molecule has 0 atom stereocenters. The average Bonchev–Trinajstić information content (AvgIpc) is 2.30. The van der Waals surface area contributed by atoms with Crippen LogP contribution < -0.4 is 5.32 Å². The summed E-state index contributed by atoms with van der Waals surface area (Å²) in [6, 6.07) is 6.58. The maximum Gasteiger partial charge on any atom is 0.229 e. The highest BCUT2D eigenvalue weighted by Gasteiger charge is 2.05. The van der Waals surface area contributed by atoms with Crippen LogP contribution in [-0.2, 0) is 11.2 Å². The van der Waals surface area contributed by atoms with E-state index in [0.717, 1.165) is 5.56 Å². The summed E-state index contributed by atoms with van der Waals surface area (Å²) in [7, 11) is 0. The minimum Gasteiger partial charge on any atom is -0.508 e. The lowest BCUT2D eigenvalue weighted by atomic mass is 10.1. The van der Waals surface area contributed by atoms with Crippen molar-refractivity contribution in [2.75, 3.05) is 5.32 Å². The summed E-state index contributed by atoms with van der Waals surface area (Å²) >= 11 is 0. The summed E-state index contributed by atoms with van der Waals surface area (Å²) in [6.07, 6.45) is 4.69. The zero-order chi connectivity index (χ0) is 12.1. The Hall–Kier alpha value is -2.43. The van der Waals surface area contributed by atoms with Crippen molar-refractivity contribution in [3.8, 4) is 5.75 Å². The van der Waals surface area contributed by atoms with Crippen molar-refractivity contribution >= 4 is 11.7 Å². The van der Waals surface area contributed by atoms with Crippen LogP contribution in [0.2, 0.25) is 0 Å². The van der Waals surface area contributed by atoms with Crippen LogP contribution in [0.4, 0.5) is 5.82 Å². The number of hydrogen-bond donors (Lipinski definition) is 2. The van der Waals surface area contributed by atoms with E-state index in [1.54, 1.807) is 24.3 Å². The second-order valence-electron chi connectivity index (χ2n) is 3.49. The molecule has 1 aromatic heterocycles. The first-order valence-corrected chi connectivity index (χ1v) is 5.08. The molecule has 5 heteroatoms. The molecule has 1 amide bonds. The van der Waals surface area contributed by atoms with Gasteiger partial charge in [-0.2, -0.15) is 0 Å². The van der Waals surface area contributed by atoms with Crippen LogP contribution >= 0.6 is 0 Å². The van der Waals surface area contributed by atoms with Gasteiger partial charge in [-0.15, -0.1) is 0 Å². The van der Waals surface area contributed by atoms with E-state index in [1.165, 1.54) is 18.6 Å². The molecule has 0 aliphatic rings. The Kier molecular flexibility index (Phi) is 3.30. The van der Waals surface area contributed by atoms with Crippen molar-refractivity contribution in [3.63, 3.8) is 0 Å². The number of phenols is 1. The zero-order valence-electron chi connectivity index (χ0n) is 9.00. The van der Waals surface area contributed by atoms with E-state index in [9.17, 15) is 9.90 Å². The quantitative estimate of drug-likeness (QED) is 0.833. The smallest absolute Gasteiger partial charge is 0.229 e. The molecule has 86 valence electrons. The molecule has 0 spiro atoms. The Balaban J connectivity index is 1.98. The second-order valence-corrected chi connectivity index (χ2v) is 3.49. The molecular formula is C12H11N3O2. The SMILES string of the molecule is O=C(Cc1cccc(O)c1)Nc1cnccn1. The van der Waals surface area contributed by atoms with E-state index >= 15 is 0 Å². The molecule has 17 heavy (non-hydrogen) atoms. The number of nitrogens with zero attached hydrogens (tertiary/aromatic N) is 2. The highest BCUT2D eigenvalue weighted by Crippen LogP contribution is 2.11. The van der Waals surface area contributed by atoms with Gasteiger partial charge in [0, 0.05) is 12.4 Å². The molecule has 0 bridgehead atoms. The van der Waals surface area contributed by atoms with Crippen LogP contribution in [0, 0.1) is 0 Å². The summed E-state index contributed by atoms with van der Waals surface area (Å²) in [5, 5.41) is 11.9. The molecule has 0 saturated heterocycles. The van der Waals surface area contributed by atoms with Crippen molar-refractivity contribution in [2.24, 2.45) is 0 Å². The number of rotatable bonds is 3. The number of carbonyl (C=O) groups is 1. The van der Waals surface area contributed by atoms with Crippen LogP contribution in [0.3, 0.4) is 0 Å². The third kappa shape index (κ3) is 3.27. The fourth-order valence-electron chi connectivity index (χ4n) is 1.40. The van der Waals surface area contributed by atoms with Gasteiger partial charge in [-0.05, 0) is 17.7 Å². The topological polar surface area (TPSA) is 75.1 Å². The summed E-state index contributed by atoms with van der Waals surface area (Å²) in [4.78, 5) is 19.4. The van der Waals surface area contributed by atoms with E-state index in [2.05, 4.69) is 15.3 Å². The molecule has 0 saturated carbocycles. The Labute approximate surface area is 98.2 Å². The fraction of sp³-hybridized carbons (Fsp3) is 0.0833. The van der Waals surface area contributed by atoms with Gasteiger partial charge in [0.25, 0.3) is 0 Å². The van der Waals surface area contributed by atoms with Crippen LogP contribution in [0.1, 0.15) is 5.56 Å². The Morgan fingerprint density at radius 2 is 2.24 bits per heavy atom. The Morgan fingerprint density at radius 1 is 1.35 bits per heavy atom. The molecule has 2 rings (SSSR count). The lowest BCUT2D eigenvalue weighted by Gasteiger charge is -2.03. The number of anilines is 1. The zero-order valence-corrected chi connectivity index (χ0v) is 9.00. The lowest BCUT2D eigenvalue weighted by molar-refractivity contribution is -0.115. The molecule has 0 unspecified atom stereocenters. The van der Waals surface area contributed by atoms with E-state index in [-0.39, 0.29) is 18.1 Å². The van der Waals surface area contributed by atoms with Crippen LogP contribution in [0.25, 0.3) is 0 Å². The van der Waals surface area contributed by atoms with E-state index < -0.39 is 0 Å². The molecule has 0 aliphatic carbocycles. The van der Waals surface area contributed by atoms with Crippen molar-refractivity contribution < 1.29 is 9.90 Å². The number of aromatic hydroxyl groups is 1. The van der Waals surface area contributed by atoms with Crippen molar-refractivity contribution in [1.82, 2.24) is 9.97 Å². The minimum absolute atomic E-state index is 0.148. The molecule has 2 N–H and O–H groups in total. The first-order chi connectivity index (χ1) is 8.24. The lowest BCUT2D eigenvalue weighted by Crippen LogP contribution is -2.15. The summed E-state index contributed by atoms with van der Waals surface area (Å²) in [5.74, 6) is 0.364. The van der Waals surface area contributed by atoms with E-state index in [1.807, 2.05) is 0 Å². The molecule has 5 nitrogen and oxygen atoms in total. The molecule has 0 aliphatic heterocycles. The van der Waals surface area contributed by atoms with Gasteiger partial charge in [0.05, 0.1) is 12.6 Å². The number of amides is 1. The molecule has 2 aromatic rings. The summed E-state index contributed by atoms with van der Waals surface area (Å²) < 4.78 is 0. The highest BCUT2D eigenvalue weighted by molar-refractivity contribution is 5.91. The number of carbonyl (C=O) groups excluding carboxylic acids is 1. The Morgan fingerprint density at radius 3 is 2.94 bits per heavy atom. The summed E-state index contributed by atoms with van der Waals surface area (Å²) in [5.41, 5.74) is 0.742. The number of hydrogen-bond acceptors (Lipinski definition) is 4. The largest absolute Gasteiger partial charge is 0.508 e. The first kappa shape index (κ1) is 11.1. The number of nitrogens with one attached hydrogen (secondary N) is 1. The van der Waals surface area contributed by atoms with Gasteiger partial charge >= 0.3 is 0 Å². The molecule has 0 fully saturated rings. The minimum atomic E-state index is -0.198. The standard InChI is InChI=1S/C12H11N3O2/c16-10-3-1-2-9(6-10)7-12(17)15-11-8-13-4-5-14-11/h1-6,8,16H,7H2,(H,14,15,17). The van der Waals surface area contributed by atoms with Gasteiger partial charge in [0.1, 0.15) is 5.75 Å². The van der Waals surface area contributed by atoms with Crippen molar-refractivity contribution in [1.29, 1.82) is 0 Å². The number of phenolic OH excluding ortho intramolecular Hbond substituents is 1. The molecule has 0 radical (unpaired) electrons. The van der Waals surface area contributed by atoms with Gasteiger partial charge in [-0.3, -0.25) is 9.78 Å². The third-order valence-corrected chi connectivity index (χ3v) is 2.11. The number of benzene rings is 1. The van der Waals surface area contributed by atoms with Crippen LogP contribution in [0.15, 0.2) is 42.9 Å². The van der Waals surface area contributed by atoms with Gasteiger partial charge in [0.2, 0.25) is 5.91 Å². The molecule has 1 heterocycles. The fourth-order valence-corrected chi connectivity index (χ4v) is 1.40. The first-order valence-electron chi connectivity index (χ1n) is 5.08. The highest BCUT2D eigenvalue weighted by atomic mass is 16.3. The molecule has 1 aromatic carbocycles. The van der Waals surface area contributed by atoms with Crippen molar-refractivity contribution in [2.45, 2.75) is 6.42 Å². The van der Waals surface area contributed by atoms with E-state index in [4.69, 9.17) is 0 Å². The van der Waals surface area contributed by atoms with Crippen molar-refractivity contribution in [3.05, 3.63) is 48.4 Å². The average molecular weight is 229 g/mol. The summed E-state index contributed by atoms with van der Waals surface area (Å²) in [6.45, 7) is 0. The van der Waals surface area contributed by atoms with E-state index in [0.29, 0.717) is 5.82 Å². The predicted molar refractivity (Wildman–Crippen MR) is 62.5 cm³/mol. The second kappa shape index (κ2) is 5.07. The maximum absolute atomic E-state index is 11.6. The van der Waals surface area contributed by atoms with Crippen LogP contribution in [0.5, 0.6) is 5.75 Å². The monoisotopic (exact) mass is 229 g/mol. The maximum atomic E-state index is 11.6. The normalized spacial score (nSPS) is 9.88. The predicted octanol–water partition coefficient (Wildman–Crippen LogP) is 1.36.